The van der Waals surface area contributed by atoms with E-state index < -0.39 is 5.97 Å². The van der Waals surface area contributed by atoms with Gasteiger partial charge in [-0.25, -0.2) is 4.79 Å². The zero-order chi connectivity index (χ0) is 6.99. The van der Waals surface area contributed by atoms with Crippen LogP contribution >= 0.6 is 25.8 Å². The van der Waals surface area contributed by atoms with Gasteiger partial charge in [0.05, 0.1) is 0 Å². The average Bonchev–Trinajstić information content (AvgIpc) is 1.69. The fraction of sp³-hybridized carbons (Fsp3) is 0. The number of carboxylic acids is 1. The first-order chi connectivity index (χ1) is 3.68. The van der Waals surface area contributed by atoms with Crippen LogP contribution in [0.3, 0.4) is 0 Å². The van der Waals surface area contributed by atoms with Crippen LogP contribution in [0.2, 0.25) is 0 Å². The summed E-state index contributed by atoms with van der Waals surface area (Å²) in [5, 5.41) is 7.60. The Morgan fingerprint density at radius 1 is 1.75 bits per heavy atom. The molecule has 0 aliphatic rings. The SMILES string of the molecule is C=CC(=O)O.SOS. The maximum absolute atomic E-state index is 9.25. The third kappa shape index (κ3) is 39.8. The van der Waals surface area contributed by atoms with Gasteiger partial charge in [-0.1, -0.05) is 6.58 Å². The molecule has 0 rings (SSSR count). The van der Waals surface area contributed by atoms with Crippen molar-refractivity contribution in [3.05, 3.63) is 12.7 Å². The van der Waals surface area contributed by atoms with Crippen molar-refractivity contribution in [2.75, 3.05) is 0 Å². The van der Waals surface area contributed by atoms with Gasteiger partial charge in [0.15, 0.2) is 0 Å². The Kier molecular flexibility index (Phi) is 13.4. The van der Waals surface area contributed by atoms with Crippen LogP contribution < -0.4 is 0 Å². The topological polar surface area (TPSA) is 46.5 Å². The number of rotatable bonds is 1. The van der Waals surface area contributed by atoms with Gasteiger partial charge in [-0.05, 0) is 25.8 Å². The molecule has 0 unspecified atom stereocenters. The Labute approximate surface area is 58.6 Å². The van der Waals surface area contributed by atoms with Crippen LogP contribution in [0.4, 0.5) is 0 Å². The standard InChI is InChI=1S/C3H4O2.H2OS2/c1-2-3(4)5;2-1-3/h2H,1H2,(H,4,5);2-3H. The van der Waals surface area contributed by atoms with E-state index in [-0.39, 0.29) is 0 Å². The van der Waals surface area contributed by atoms with Crippen LogP contribution in [-0.4, -0.2) is 11.1 Å². The fourth-order valence-corrected chi connectivity index (χ4v) is 0. The monoisotopic (exact) mass is 154 g/mol. The summed E-state index contributed by atoms with van der Waals surface area (Å²) in [7, 11) is 0. The molecule has 0 bridgehead atoms. The number of carbonyl (C=O) groups is 1. The molecule has 0 spiro atoms. The smallest absolute Gasteiger partial charge is 0.327 e. The molecule has 0 amide bonds. The van der Waals surface area contributed by atoms with Crippen LogP contribution in [0, 0.1) is 0 Å². The van der Waals surface area contributed by atoms with Gasteiger partial charge in [0.2, 0.25) is 0 Å². The van der Waals surface area contributed by atoms with Gasteiger partial charge in [0, 0.05) is 6.08 Å². The van der Waals surface area contributed by atoms with E-state index in [1.165, 1.54) is 0 Å². The summed E-state index contributed by atoms with van der Waals surface area (Å²) >= 11 is 6.31. The molecule has 0 saturated carbocycles. The second kappa shape index (κ2) is 9.98. The third-order valence-corrected chi connectivity index (χ3v) is 0.175. The minimum absolute atomic E-state index is 0.833. The normalized spacial score (nSPS) is 6.25. The van der Waals surface area contributed by atoms with Crippen LogP contribution in [0.5, 0.6) is 0 Å². The van der Waals surface area contributed by atoms with Crippen LogP contribution in [0.25, 0.3) is 0 Å². The van der Waals surface area contributed by atoms with Crippen LogP contribution in [0.15, 0.2) is 12.7 Å². The summed E-state index contributed by atoms with van der Waals surface area (Å²) < 4.78 is 3.64. The molecule has 0 aliphatic heterocycles. The van der Waals surface area contributed by atoms with E-state index in [4.69, 9.17) is 5.11 Å². The highest BCUT2D eigenvalue weighted by Gasteiger charge is 1.73. The molecule has 8 heavy (non-hydrogen) atoms. The van der Waals surface area contributed by atoms with E-state index in [1.807, 2.05) is 0 Å². The van der Waals surface area contributed by atoms with Crippen molar-refractivity contribution in [2.24, 2.45) is 0 Å². The Bertz CT molecular complexity index is 72.9. The predicted octanol–water partition coefficient (Wildman–Crippen LogP) is 0.950. The Morgan fingerprint density at radius 3 is 1.88 bits per heavy atom. The van der Waals surface area contributed by atoms with Crippen molar-refractivity contribution in [1.82, 2.24) is 0 Å². The average molecular weight is 154 g/mol. The lowest BCUT2D eigenvalue weighted by Gasteiger charge is -1.64. The maximum Gasteiger partial charge on any atom is 0.327 e. The van der Waals surface area contributed by atoms with E-state index in [9.17, 15) is 4.79 Å². The van der Waals surface area contributed by atoms with E-state index >= 15 is 0 Å². The number of thiol groups is 2. The number of hydrogen-bond acceptors (Lipinski definition) is 4. The molecule has 0 fully saturated rings. The van der Waals surface area contributed by atoms with E-state index in [2.05, 4.69) is 36.0 Å². The van der Waals surface area contributed by atoms with Gasteiger partial charge in [0.1, 0.15) is 0 Å². The van der Waals surface area contributed by atoms with Crippen LogP contribution in [0.1, 0.15) is 0 Å². The van der Waals surface area contributed by atoms with Crippen molar-refractivity contribution >= 4 is 31.8 Å². The Morgan fingerprint density at radius 2 is 1.88 bits per heavy atom. The van der Waals surface area contributed by atoms with E-state index in [0.29, 0.717) is 0 Å². The molecule has 0 radical (unpaired) electrons. The fourth-order valence-electron chi connectivity index (χ4n) is 0. The number of carboxylic acid groups (broad SMARTS) is 1. The lowest BCUT2D eigenvalue weighted by molar-refractivity contribution is -0.131. The quantitative estimate of drug-likeness (QED) is 0.299. The summed E-state index contributed by atoms with van der Waals surface area (Å²) in [6.07, 6.45) is 0.833. The lowest BCUT2D eigenvalue weighted by Crippen LogP contribution is -1.82. The molecule has 5 heteroatoms. The molecule has 0 aromatic heterocycles. The highest BCUT2D eigenvalue weighted by molar-refractivity contribution is 7.89. The minimum atomic E-state index is -0.981. The van der Waals surface area contributed by atoms with Gasteiger partial charge in [0.25, 0.3) is 0 Å². The molecule has 0 heterocycles. The third-order valence-electron chi connectivity index (χ3n) is 0.175. The second-order valence-electron chi connectivity index (χ2n) is 0.624. The molecule has 0 aromatic rings. The molecule has 0 aromatic carbocycles. The van der Waals surface area contributed by atoms with E-state index in [0.717, 1.165) is 6.08 Å². The maximum atomic E-state index is 9.25. The molecular formula is C3H6O3S2. The van der Waals surface area contributed by atoms with Gasteiger partial charge in [-0.3, -0.25) is 3.63 Å². The highest BCUT2D eigenvalue weighted by Crippen LogP contribution is 1.75. The first-order valence-corrected chi connectivity index (χ1v) is 2.22. The molecule has 3 nitrogen and oxygen atoms in total. The van der Waals surface area contributed by atoms with E-state index in [1.54, 1.807) is 0 Å². The van der Waals surface area contributed by atoms with Crippen molar-refractivity contribution in [3.63, 3.8) is 0 Å². The molecule has 0 saturated heterocycles. The van der Waals surface area contributed by atoms with Gasteiger partial charge in [-0.15, -0.1) is 0 Å². The molecule has 0 aliphatic carbocycles. The van der Waals surface area contributed by atoms with Crippen LogP contribution in [-0.2, 0) is 8.42 Å². The number of hydrogen-bond donors (Lipinski definition) is 3. The molecule has 1 N–H and O–H groups in total. The second-order valence-corrected chi connectivity index (χ2v) is 1.28. The van der Waals surface area contributed by atoms with Gasteiger partial charge >= 0.3 is 5.97 Å². The first-order valence-electron chi connectivity index (χ1n) is 1.49. The predicted molar refractivity (Wildman–Crippen MR) is 36.9 cm³/mol. The first kappa shape index (κ1) is 10.8. The van der Waals surface area contributed by atoms with Gasteiger partial charge in [-0.2, -0.15) is 0 Å². The van der Waals surface area contributed by atoms with Gasteiger partial charge < -0.3 is 5.11 Å². The zero-order valence-corrected chi connectivity index (χ0v) is 5.73. The summed E-state index contributed by atoms with van der Waals surface area (Å²) in [5.41, 5.74) is 0. The van der Waals surface area contributed by atoms with Crippen molar-refractivity contribution in [2.45, 2.75) is 0 Å². The van der Waals surface area contributed by atoms with Crippen molar-refractivity contribution in [3.8, 4) is 0 Å². The number of aliphatic carboxylic acids is 1. The zero-order valence-electron chi connectivity index (χ0n) is 3.94. The van der Waals surface area contributed by atoms with Crippen molar-refractivity contribution < 1.29 is 13.5 Å². The minimum Gasteiger partial charge on any atom is -0.478 e. The highest BCUT2D eigenvalue weighted by atomic mass is 32.2. The Hall–Kier alpha value is -0.130. The lowest BCUT2D eigenvalue weighted by atomic mass is 10.7. The molecule has 0 atom stereocenters. The Balaban J connectivity index is 0. The molecular weight excluding hydrogens is 148 g/mol. The van der Waals surface area contributed by atoms with Crippen molar-refractivity contribution in [1.29, 1.82) is 0 Å². The summed E-state index contributed by atoms with van der Waals surface area (Å²) in [6.45, 7) is 2.96. The summed E-state index contributed by atoms with van der Waals surface area (Å²) in [4.78, 5) is 9.25. The summed E-state index contributed by atoms with van der Waals surface area (Å²) in [5.74, 6) is -0.981. The summed E-state index contributed by atoms with van der Waals surface area (Å²) in [6, 6.07) is 0. The molecule has 48 valence electrons. The largest absolute Gasteiger partial charge is 0.478 e.